The van der Waals surface area contributed by atoms with Crippen molar-refractivity contribution in [1.29, 1.82) is 0 Å². The molecule has 0 radical (unpaired) electrons. The minimum Gasteiger partial charge on any atom is -0.464 e. The number of carbonyl (C=O) groups is 1. The lowest BCUT2D eigenvalue weighted by Gasteiger charge is -2.05. The average molecular weight is 249 g/mol. The van der Waals surface area contributed by atoms with Gasteiger partial charge < -0.3 is 15.0 Å². The normalized spacial score (nSPS) is 10.5. The average Bonchev–Trinajstić information content (AvgIpc) is 2.89. The van der Waals surface area contributed by atoms with Gasteiger partial charge in [-0.1, -0.05) is 0 Å². The summed E-state index contributed by atoms with van der Waals surface area (Å²) in [5.41, 5.74) is 6.01. The maximum Gasteiger partial charge on any atom is 0.327 e. The van der Waals surface area contributed by atoms with Crippen LogP contribution in [-0.2, 0) is 29.5 Å². The maximum absolute atomic E-state index is 11.5. The Labute approximate surface area is 104 Å². The summed E-state index contributed by atoms with van der Waals surface area (Å²) in [6.07, 6.45) is 7.23. The zero-order chi connectivity index (χ0) is 13.0. The van der Waals surface area contributed by atoms with E-state index in [1.54, 1.807) is 12.4 Å². The third kappa shape index (κ3) is 3.09. The van der Waals surface area contributed by atoms with Crippen molar-refractivity contribution < 1.29 is 9.53 Å². The van der Waals surface area contributed by atoms with Crippen molar-refractivity contribution in [3.05, 3.63) is 30.6 Å². The van der Waals surface area contributed by atoms with Crippen molar-refractivity contribution in [3.63, 3.8) is 0 Å². The number of ether oxygens (including phenoxy) is 1. The Morgan fingerprint density at radius 2 is 2.39 bits per heavy atom. The lowest BCUT2D eigenvalue weighted by atomic mass is 10.4. The summed E-state index contributed by atoms with van der Waals surface area (Å²) in [5.74, 6) is 0.540. The van der Waals surface area contributed by atoms with E-state index in [9.17, 15) is 4.79 Å². The topological polar surface area (TPSA) is 88.0 Å². The molecule has 7 nitrogen and oxygen atoms in total. The second-order valence-electron chi connectivity index (χ2n) is 3.90. The van der Waals surface area contributed by atoms with E-state index in [-0.39, 0.29) is 12.5 Å². The standard InChI is InChI=1S/C11H15N5O2/c1-15-4-3-13-10(15)2-5-18-11(17)8-16-7-9(12)6-14-16/h3-4,6-7H,2,5,8,12H2,1H3. The van der Waals surface area contributed by atoms with Gasteiger partial charge in [-0.2, -0.15) is 5.10 Å². The van der Waals surface area contributed by atoms with Gasteiger partial charge in [-0.15, -0.1) is 0 Å². The number of aromatic nitrogens is 4. The van der Waals surface area contributed by atoms with E-state index in [0.717, 1.165) is 5.82 Å². The molecule has 0 bridgehead atoms. The van der Waals surface area contributed by atoms with Gasteiger partial charge in [0.1, 0.15) is 12.4 Å². The number of nitrogens with two attached hydrogens (primary N) is 1. The summed E-state index contributed by atoms with van der Waals surface area (Å²) in [6.45, 7) is 0.373. The fourth-order valence-electron chi connectivity index (χ4n) is 1.54. The van der Waals surface area contributed by atoms with E-state index in [1.807, 2.05) is 17.8 Å². The summed E-state index contributed by atoms with van der Waals surface area (Å²) in [5, 5.41) is 3.90. The third-order valence-electron chi connectivity index (χ3n) is 2.45. The molecule has 0 spiro atoms. The lowest BCUT2D eigenvalue weighted by molar-refractivity contribution is -0.144. The van der Waals surface area contributed by atoms with Crippen LogP contribution >= 0.6 is 0 Å². The van der Waals surface area contributed by atoms with Crippen LogP contribution in [0.1, 0.15) is 5.82 Å². The number of nitrogens with zero attached hydrogens (tertiary/aromatic N) is 4. The Kier molecular flexibility index (Phi) is 3.61. The highest BCUT2D eigenvalue weighted by Crippen LogP contribution is 1.99. The van der Waals surface area contributed by atoms with E-state index >= 15 is 0 Å². The van der Waals surface area contributed by atoms with E-state index in [2.05, 4.69) is 10.1 Å². The van der Waals surface area contributed by atoms with Gasteiger partial charge in [-0.3, -0.25) is 9.48 Å². The third-order valence-corrected chi connectivity index (χ3v) is 2.45. The summed E-state index contributed by atoms with van der Waals surface area (Å²) in [6, 6.07) is 0. The summed E-state index contributed by atoms with van der Waals surface area (Å²) >= 11 is 0. The quantitative estimate of drug-likeness (QED) is 0.753. The molecule has 2 aromatic rings. The molecule has 0 atom stereocenters. The van der Waals surface area contributed by atoms with Crippen LogP contribution in [0.4, 0.5) is 5.69 Å². The predicted octanol–water partition coefficient (Wildman–Crippen LogP) is -0.0153. The summed E-state index contributed by atoms with van der Waals surface area (Å²) < 4.78 is 8.42. The molecule has 0 unspecified atom stereocenters. The number of hydrogen-bond acceptors (Lipinski definition) is 5. The molecule has 2 N–H and O–H groups in total. The molecule has 0 saturated carbocycles. The number of rotatable bonds is 5. The second kappa shape index (κ2) is 5.35. The largest absolute Gasteiger partial charge is 0.464 e. The highest BCUT2D eigenvalue weighted by atomic mass is 16.5. The molecular formula is C11H15N5O2. The Bertz CT molecular complexity index is 531. The number of carbonyl (C=O) groups excluding carboxylic acids is 1. The smallest absolute Gasteiger partial charge is 0.327 e. The van der Waals surface area contributed by atoms with Crippen molar-refractivity contribution in [3.8, 4) is 0 Å². The number of aryl methyl sites for hydroxylation is 1. The molecular weight excluding hydrogens is 234 g/mol. The highest BCUT2D eigenvalue weighted by Gasteiger charge is 2.06. The Hall–Kier alpha value is -2.31. The minimum absolute atomic E-state index is 0.0672. The predicted molar refractivity (Wildman–Crippen MR) is 64.5 cm³/mol. The molecule has 2 heterocycles. The molecule has 0 aliphatic rings. The Balaban J connectivity index is 1.74. The number of hydrogen-bond donors (Lipinski definition) is 1. The molecule has 0 saturated heterocycles. The van der Waals surface area contributed by atoms with Crippen molar-refractivity contribution in [2.24, 2.45) is 7.05 Å². The molecule has 18 heavy (non-hydrogen) atoms. The van der Waals surface area contributed by atoms with Crippen LogP contribution in [0.15, 0.2) is 24.8 Å². The van der Waals surface area contributed by atoms with Crippen LogP contribution in [0.2, 0.25) is 0 Å². The highest BCUT2D eigenvalue weighted by molar-refractivity contribution is 5.69. The molecule has 0 fully saturated rings. The molecule has 0 amide bonds. The molecule has 96 valence electrons. The summed E-state index contributed by atoms with van der Waals surface area (Å²) in [7, 11) is 1.90. The van der Waals surface area contributed by atoms with Crippen molar-refractivity contribution in [2.45, 2.75) is 13.0 Å². The maximum atomic E-state index is 11.5. The minimum atomic E-state index is -0.340. The molecule has 0 aliphatic heterocycles. The lowest BCUT2D eigenvalue weighted by Crippen LogP contribution is -2.16. The molecule has 2 rings (SSSR count). The van der Waals surface area contributed by atoms with Gasteiger partial charge in [-0.05, 0) is 0 Å². The summed E-state index contributed by atoms with van der Waals surface area (Å²) in [4.78, 5) is 15.6. The second-order valence-corrected chi connectivity index (χ2v) is 3.90. The SMILES string of the molecule is Cn1ccnc1CCOC(=O)Cn1cc(N)cn1. The fraction of sp³-hybridized carbons (Fsp3) is 0.364. The number of esters is 1. The van der Waals surface area contributed by atoms with Gasteiger partial charge in [0.05, 0.1) is 18.5 Å². The Morgan fingerprint density at radius 1 is 1.56 bits per heavy atom. The first kappa shape index (κ1) is 12.2. The fourth-order valence-corrected chi connectivity index (χ4v) is 1.54. The van der Waals surface area contributed by atoms with Gasteiger partial charge in [0.2, 0.25) is 0 Å². The first-order valence-electron chi connectivity index (χ1n) is 5.55. The van der Waals surface area contributed by atoms with Crippen LogP contribution in [0, 0.1) is 0 Å². The van der Waals surface area contributed by atoms with Crippen LogP contribution in [0.3, 0.4) is 0 Å². The zero-order valence-electron chi connectivity index (χ0n) is 10.1. The van der Waals surface area contributed by atoms with Gasteiger partial charge in [0.25, 0.3) is 0 Å². The van der Waals surface area contributed by atoms with E-state index in [1.165, 1.54) is 10.9 Å². The van der Waals surface area contributed by atoms with E-state index < -0.39 is 0 Å². The zero-order valence-corrected chi connectivity index (χ0v) is 10.1. The molecule has 7 heteroatoms. The molecule has 0 aliphatic carbocycles. The van der Waals surface area contributed by atoms with E-state index in [0.29, 0.717) is 18.7 Å². The Morgan fingerprint density at radius 3 is 3.00 bits per heavy atom. The number of nitrogen functional groups attached to an aromatic ring is 1. The van der Waals surface area contributed by atoms with Crippen LogP contribution in [0.5, 0.6) is 0 Å². The van der Waals surface area contributed by atoms with Gasteiger partial charge in [0.15, 0.2) is 0 Å². The van der Waals surface area contributed by atoms with Crippen molar-refractivity contribution >= 4 is 11.7 Å². The number of anilines is 1. The van der Waals surface area contributed by atoms with Crippen LogP contribution in [-0.4, -0.2) is 31.9 Å². The number of imidazole rings is 1. The van der Waals surface area contributed by atoms with Crippen molar-refractivity contribution in [2.75, 3.05) is 12.3 Å². The molecule has 2 aromatic heterocycles. The monoisotopic (exact) mass is 249 g/mol. The van der Waals surface area contributed by atoms with Gasteiger partial charge >= 0.3 is 5.97 Å². The molecule has 0 aromatic carbocycles. The first-order valence-corrected chi connectivity index (χ1v) is 5.55. The van der Waals surface area contributed by atoms with Crippen LogP contribution in [0.25, 0.3) is 0 Å². The van der Waals surface area contributed by atoms with Crippen molar-refractivity contribution in [1.82, 2.24) is 19.3 Å². The van der Waals surface area contributed by atoms with Gasteiger partial charge in [0, 0.05) is 32.1 Å². The first-order chi connectivity index (χ1) is 8.65. The van der Waals surface area contributed by atoms with Crippen LogP contribution < -0.4 is 5.73 Å². The van der Waals surface area contributed by atoms with E-state index in [4.69, 9.17) is 10.5 Å². The van der Waals surface area contributed by atoms with Gasteiger partial charge in [-0.25, -0.2) is 4.98 Å².